The lowest BCUT2D eigenvalue weighted by Crippen LogP contribution is -2.16. The molecule has 1 amide bonds. The molecule has 0 saturated heterocycles. The van der Waals surface area contributed by atoms with Crippen molar-refractivity contribution in [3.05, 3.63) is 29.0 Å². The molecule has 0 radical (unpaired) electrons. The monoisotopic (exact) mass is 343 g/mol. The molecule has 1 N–H and O–H groups in total. The first-order valence-corrected chi connectivity index (χ1v) is 7.96. The summed E-state index contributed by atoms with van der Waals surface area (Å²) in [5.41, 5.74) is 0.0554. The number of amides is 1. The molecule has 0 unspecified atom stereocenters. The third kappa shape index (κ3) is 4.67. The molecule has 1 aromatic carbocycles. The van der Waals surface area contributed by atoms with E-state index in [2.05, 4.69) is 20.8 Å². The molecule has 0 aliphatic carbocycles. The average Bonchev–Trinajstić information content (AvgIpc) is 2.87. The molecule has 1 aromatic heterocycles. The Morgan fingerprint density at radius 3 is 3.00 bits per heavy atom. The number of hydrogen-bond acceptors (Lipinski definition) is 5. The maximum atomic E-state index is 13.5. The largest absolute Gasteiger partial charge is 0.323 e. The molecule has 0 atom stereocenters. The minimum Gasteiger partial charge on any atom is -0.323 e. The molecule has 9 heteroatoms. The SMILES string of the molecule is CC(C)Cn1nnnc1SCC(=O)Nc1cc(Cl)ccc1F. The number of tetrazole rings is 1. The highest BCUT2D eigenvalue weighted by molar-refractivity contribution is 7.99. The van der Waals surface area contributed by atoms with Crippen molar-refractivity contribution in [2.75, 3.05) is 11.1 Å². The molecule has 2 aromatic rings. The smallest absolute Gasteiger partial charge is 0.234 e. The maximum Gasteiger partial charge on any atom is 0.234 e. The highest BCUT2D eigenvalue weighted by Gasteiger charge is 2.12. The summed E-state index contributed by atoms with van der Waals surface area (Å²) in [6, 6.07) is 3.98. The third-order valence-electron chi connectivity index (χ3n) is 2.57. The van der Waals surface area contributed by atoms with Crippen molar-refractivity contribution in [1.82, 2.24) is 20.2 Å². The first kappa shape index (κ1) is 16.7. The Hall–Kier alpha value is -1.67. The molecule has 22 heavy (non-hydrogen) atoms. The van der Waals surface area contributed by atoms with Crippen LogP contribution in [-0.4, -0.2) is 31.9 Å². The summed E-state index contributed by atoms with van der Waals surface area (Å²) >= 11 is 6.97. The number of carbonyl (C=O) groups excluding carboxylic acids is 1. The molecule has 0 aliphatic heterocycles. The second kappa shape index (κ2) is 7.55. The van der Waals surface area contributed by atoms with Gasteiger partial charge in [-0.15, -0.1) is 5.10 Å². The van der Waals surface area contributed by atoms with Crippen LogP contribution in [0.4, 0.5) is 10.1 Å². The lowest BCUT2D eigenvalue weighted by atomic mass is 10.2. The number of nitrogens with zero attached hydrogens (tertiary/aromatic N) is 4. The summed E-state index contributed by atoms with van der Waals surface area (Å²) in [4.78, 5) is 11.9. The summed E-state index contributed by atoms with van der Waals surface area (Å²) in [5.74, 6) is -0.431. The zero-order chi connectivity index (χ0) is 16.1. The zero-order valence-electron chi connectivity index (χ0n) is 12.1. The fraction of sp³-hybridized carbons (Fsp3) is 0.385. The Morgan fingerprint density at radius 1 is 1.50 bits per heavy atom. The number of aromatic nitrogens is 4. The molecule has 6 nitrogen and oxygen atoms in total. The second-order valence-corrected chi connectivity index (χ2v) is 6.38. The molecule has 0 bridgehead atoms. The van der Waals surface area contributed by atoms with Gasteiger partial charge in [-0.1, -0.05) is 37.2 Å². The summed E-state index contributed by atoms with van der Waals surface area (Å²) in [6.45, 7) is 4.76. The standard InChI is InChI=1S/C13H15ClFN5OS/c1-8(2)6-20-13(17-18-19-20)22-7-12(21)16-11-5-9(14)3-4-10(11)15/h3-5,8H,6-7H2,1-2H3,(H,16,21). The van der Waals surface area contributed by atoms with Gasteiger partial charge in [0.15, 0.2) is 0 Å². The van der Waals surface area contributed by atoms with Gasteiger partial charge in [0.2, 0.25) is 11.1 Å². The van der Waals surface area contributed by atoms with Gasteiger partial charge >= 0.3 is 0 Å². The predicted molar refractivity (Wildman–Crippen MR) is 83.4 cm³/mol. The van der Waals surface area contributed by atoms with Crippen LogP contribution in [-0.2, 0) is 11.3 Å². The number of hydrogen-bond donors (Lipinski definition) is 1. The number of rotatable bonds is 6. The molecular weight excluding hydrogens is 329 g/mol. The normalized spacial score (nSPS) is 11.0. The second-order valence-electron chi connectivity index (χ2n) is 5.00. The molecule has 0 spiro atoms. The van der Waals surface area contributed by atoms with Gasteiger partial charge in [0, 0.05) is 11.6 Å². The summed E-state index contributed by atoms with van der Waals surface area (Å²) in [7, 11) is 0. The zero-order valence-corrected chi connectivity index (χ0v) is 13.7. The number of thioether (sulfide) groups is 1. The third-order valence-corrected chi connectivity index (χ3v) is 3.76. The highest BCUT2D eigenvalue weighted by Crippen LogP contribution is 2.20. The Labute approximate surface area is 136 Å². The van der Waals surface area contributed by atoms with Crippen molar-refractivity contribution in [3.63, 3.8) is 0 Å². The Bertz CT molecular complexity index is 664. The van der Waals surface area contributed by atoms with E-state index in [9.17, 15) is 9.18 Å². The van der Waals surface area contributed by atoms with E-state index < -0.39 is 5.82 Å². The highest BCUT2D eigenvalue weighted by atomic mass is 35.5. The minimum absolute atomic E-state index is 0.0554. The minimum atomic E-state index is -0.535. The summed E-state index contributed by atoms with van der Waals surface area (Å²) in [5, 5.41) is 14.7. The van der Waals surface area contributed by atoms with E-state index in [0.29, 0.717) is 22.6 Å². The van der Waals surface area contributed by atoms with Gasteiger partial charge in [0.25, 0.3) is 0 Å². The quantitative estimate of drug-likeness (QED) is 0.816. The van der Waals surface area contributed by atoms with Crippen LogP contribution in [0.1, 0.15) is 13.8 Å². The van der Waals surface area contributed by atoms with Crippen LogP contribution in [0.15, 0.2) is 23.4 Å². The molecule has 1 heterocycles. The van der Waals surface area contributed by atoms with E-state index in [1.54, 1.807) is 4.68 Å². The topological polar surface area (TPSA) is 72.7 Å². The van der Waals surface area contributed by atoms with Crippen LogP contribution in [0.5, 0.6) is 0 Å². The van der Waals surface area contributed by atoms with Crippen LogP contribution in [0.3, 0.4) is 0 Å². The fourth-order valence-corrected chi connectivity index (χ4v) is 2.53. The fourth-order valence-electron chi connectivity index (χ4n) is 1.67. The van der Waals surface area contributed by atoms with E-state index in [1.807, 2.05) is 13.8 Å². The Kier molecular flexibility index (Phi) is 5.73. The summed E-state index contributed by atoms with van der Waals surface area (Å²) < 4.78 is 15.2. The molecule has 0 saturated carbocycles. The van der Waals surface area contributed by atoms with Crippen LogP contribution in [0.2, 0.25) is 5.02 Å². The number of nitrogens with one attached hydrogen (secondary N) is 1. The van der Waals surface area contributed by atoms with E-state index in [0.717, 1.165) is 0 Å². The maximum absolute atomic E-state index is 13.5. The van der Waals surface area contributed by atoms with Crippen molar-refractivity contribution in [2.45, 2.75) is 25.5 Å². The molecule has 0 aliphatic rings. The van der Waals surface area contributed by atoms with Crippen LogP contribution < -0.4 is 5.32 Å². The molecular formula is C13H15ClFN5OS. The number of anilines is 1. The van der Waals surface area contributed by atoms with Gasteiger partial charge in [0.05, 0.1) is 11.4 Å². The van der Waals surface area contributed by atoms with Gasteiger partial charge in [0.1, 0.15) is 5.82 Å². The van der Waals surface area contributed by atoms with Crippen molar-refractivity contribution in [1.29, 1.82) is 0 Å². The average molecular weight is 344 g/mol. The van der Waals surface area contributed by atoms with Crippen molar-refractivity contribution >= 4 is 35.0 Å². The van der Waals surface area contributed by atoms with E-state index >= 15 is 0 Å². The van der Waals surface area contributed by atoms with Gasteiger partial charge < -0.3 is 5.32 Å². The number of halogens is 2. The van der Waals surface area contributed by atoms with Crippen molar-refractivity contribution in [2.24, 2.45) is 5.92 Å². The van der Waals surface area contributed by atoms with Crippen LogP contribution in [0, 0.1) is 11.7 Å². The van der Waals surface area contributed by atoms with E-state index in [1.165, 1.54) is 30.0 Å². The Morgan fingerprint density at radius 2 is 2.27 bits per heavy atom. The lowest BCUT2D eigenvalue weighted by molar-refractivity contribution is -0.113. The molecule has 118 valence electrons. The van der Waals surface area contributed by atoms with Gasteiger partial charge in [-0.05, 0) is 34.5 Å². The number of carbonyl (C=O) groups is 1. The van der Waals surface area contributed by atoms with Crippen molar-refractivity contribution < 1.29 is 9.18 Å². The van der Waals surface area contributed by atoms with Gasteiger partial charge in [-0.2, -0.15) is 0 Å². The van der Waals surface area contributed by atoms with Gasteiger partial charge in [-0.25, -0.2) is 9.07 Å². The van der Waals surface area contributed by atoms with Crippen LogP contribution >= 0.6 is 23.4 Å². The van der Waals surface area contributed by atoms with E-state index in [4.69, 9.17) is 11.6 Å². The van der Waals surface area contributed by atoms with Crippen molar-refractivity contribution in [3.8, 4) is 0 Å². The first-order valence-electron chi connectivity index (χ1n) is 6.59. The first-order chi connectivity index (χ1) is 10.5. The molecule has 2 rings (SSSR count). The Balaban J connectivity index is 1.93. The van der Waals surface area contributed by atoms with Gasteiger partial charge in [-0.3, -0.25) is 4.79 Å². The number of benzene rings is 1. The van der Waals surface area contributed by atoms with E-state index in [-0.39, 0.29) is 17.3 Å². The molecule has 0 fully saturated rings. The summed E-state index contributed by atoms with van der Waals surface area (Å²) in [6.07, 6.45) is 0. The van der Waals surface area contributed by atoms with Crippen LogP contribution in [0.25, 0.3) is 0 Å². The lowest BCUT2D eigenvalue weighted by Gasteiger charge is -2.08. The predicted octanol–water partition coefficient (Wildman–Crippen LogP) is 2.85.